The van der Waals surface area contributed by atoms with E-state index in [1.807, 2.05) is 12.1 Å². The maximum absolute atomic E-state index is 11.8. The number of hydrogen-bond donors (Lipinski definition) is 2. The van der Waals surface area contributed by atoms with E-state index in [0.29, 0.717) is 25.1 Å². The number of nitrogens with one attached hydrogen (secondary N) is 1. The van der Waals surface area contributed by atoms with E-state index in [1.165, 1.54) is 0 Å². The van der Waals surface area contributed by atoms with Gasteiger partial charge in [-0.3, -0.25) is 4.79 Å². The Hall–Kier alpha value is -1.86. The predicted octanol–water partition coefficient (Wildman–Crippen LogP) is 2.33. The second kappa shape index (κ2) is 7.66. The fraction of sp³-hybridized carbons (Fsp3) is 0.500. The molecule has 108 valence electrons. The van der Waals surface area contributed by atoms with Gasteiger partial charge in [-0.2, -0.15) is 5.26 Å². The standard InChI is InChI=1S/C16H23N3O/c1-16(2,9-10-17)8-7-15(20)19-12-14-5-3-13(11-18)4-6-14/h3-6H,7-10,12,17H2,1-2H3,(H,19,20). The van der Waals surface area contributed by atoms with Gasteiger partial charge >= 0.3 is 0 Å². The van der Waals surface area contributed by atoms with E-state index in [0.717, 1.165) is 18.4 Å². The Morgan fingerprint density at radius 2 is 1.95 bits per heavy atom. The fourth-order valence-corrected chi connectivity index (χ4v) is 1.95. The molecule has 3 N–H and O–H groups in total. The molecule has 0 spiro atoms. The van der Waals surface area contributed by atoms with Crippen molar-refractivity contribution < 1.29 is 4.79 Å². The van der Waals surface area contributed by atoms with Crippen molar-refractivity contribution in [3.8, 4) is 6.07 Å². The zero-order valence-electron chi connectivity index (χ0n) is 12.3. The number of nitrogens with zero attached hydrogens (tertiary/aromatic N) is 1. The van der Waals surface area contributed by atoms with E-state index >= 15 is 0 Å². The molecule has 0 atom stereocenters. The Bertz CT molecular complexity index is 471. The van der Waals surface area contributed by atoms with Gasteiger partial charge in [0, 0.05) is 13.0 Å². The first-order valence-corrected chi connectivity index (χ1v) is 6.93. The van der Waals surface area contributed by atoms with Crippen molar-refractivity contribution in [2.75, 3.05) is 6.54 Å². The first-order valence-electron chi connectivity index (χ1n) is 6.93. The monoisotopic (exact) mass is 273 g/mol. The number of nitriles is 1. The molecule has 1 aromatic carbocycles. The van der Waals surface area contributed by atoms with Crippen molar-refractivity contribution in [2.24, 2.45) is 11.1 Å². The number of rotatable bonds is 7. The summed E-state index contributed by atoms with van der Waals surface area (Å²) in [5.74, 6) is 0.0551. The summed E-state index contributed by atoms with van der Waals surface area (Å²) in [5, 5.41) is 11.6. The molecule has 0 saturated carbocycles. The Morgan fingerprint density at radius 3 is 2.50 bits per heavy atom. The minimum atomic E-state index is 0.0551. The lowest BCUT2D eigenvalue weighted by atomic mass is 9.84. The van der Waals surface area contributed by atoms with Crippen LogP contribution in [-0.2, 0) is 11.3 Å². The van der Waals surface area contributed by atoms with Crippen LogP contribution in [0.4, 0.5) is 0 Å². The number of carbonyl (C=O) groups is 1. The fourth-order valence-electron chi connectivity index (χ4n) is 1.95. The molecule has 0 bridgehead atoms. The molecule has 0 radical (unpaired) electrons. The maximum Gasteiger partial charge on any atom is 0.220 e. The molecular formula is C16H23N3O. The number of amides is 1. The highest BCUT2D eigenvalue weighted by Crippen LogP contribution is 2.25. The summed E-state index contributed by atoms with van der Waals surface area (Å²) in [6.45, 7) is 5.42. The van der Waals surface area contributed by atoms with Crippen LogP contribution in [0.15, 0.2) is 24.3 Å². The summed E-state index contributed by atoms with van der Waals surface area (Å²) < 4.78 is 0. The van der Waals surface area contributed by atoms with Gasteiger partial charge in [-0.25, -0.2) is 0 Å². The zero-order valence-corrected chi connectivity index (χ0v) is 12.3. The third kappa shape index (κ3) is 5.85. The van der Waals surface area contributed by atoms with Gasteiger partial charge in [0.2, 0.25) is 5.91 Å². The lowest BCUT2D eigenvalue weighted by Gasteiger charge is -2.23. The van der Waals surface area contributed by atoms with E-state index in [-0.39, 0.29) is 11.3 Å². The van der Waals surface area contributed by atoms with E-state index in [2.05, 4.69) is 25.2 Å². The van der Waals surface area contributed by atoms with Crippen LogP contribution in [0, 0.1) is 16.7 Å². The second-order valence-electron chi connectivity index (χ2n) is 5.79. The van der Waals surface area contributed by atoms with Crippen LogP contribution in [0.3, 0.4) is 0 Å². The topological polar surface area (TPSA) is 78.9 Å². The molecule has 1 rings (SSSR count). The summed E-state index contributed by atoms with van der Waals surface area (Å²) in [6, 6.07) is 9.30. The predicted molar refractivity (Wildman–Crippen MR) is 79.7 cm³/mol. The number of carbonyl (C=O) groups excluding carboxylic acids is 1. The van der Waals surface area contributed by atoms with Crippen LogP contribution in [0.2, 0.25) is 0 Å². The lowest BCUT2D eigenvalue weighted by Crippen LogP contribution is -2.25. The molecule has 4 nitrogen and oxygen atoms in total. The van der Waals surface area contributed by atoms with Crippen molar-refractivity contribution in [1.82, 2.24) is 5.32 Å². The lowest BCUT2D eigenvalue weighted by molar-refractivity contribution is -0.121. The number of benzene rings is 1. The first-order chi connectivity index (χ1) is 9.46. The summed E-state index contributed by atoms with van der Waals surface area (Å²) in [6.07, 6.45) is 2.28. The maximum atomic E-state index is 11.8. The molecule has 1 amide bonds. The van der Waals surface area contributed by atoms with Gasteiger partial charge in [-0.15, -0.1) is 0 Å². The van der Waals surface area contributed by atoms with Crippen LogP contribution >= 0.6 is 0 Å². The molecule has 0 aliphatic rings. The van der Waals surface area contributed by atoms with Gasteiger partial charge in [0.05, 0.1) is 11.6 Å². The largest absolute Gasteiger partial charge is 0.352 e. The summed E-state index contributed by atoms with van der Waals surface area (Å²) in [5.41, 5.74) is 7.29. The average Bonchev–Trinajstić information content (AvgIpc) is 2.43. The molecule has 1 aromatic rings. The minimum absolute atomic E-state index is 0.0551. The molecular weight excluding hydrogens is 250 g/mol. The minimum Gasteiger partial charge on any atom is -0.352 e. The quantitative estimate of drug-likeness (QED) is 0.800. The SMILES string of the molecule is CC(C)(CCN)CCC(=O)NCc1ccc(C#N)cc1. The molecule has 20 heavy (non-hydrogen) atoms. The van der Waals surface area contributed by atoms with Crippen LogP contribution in [-0.4, -0.2) is 12.5 Å². The van der Waals surface area contributed by atoms with Gasteiger partial charge in [0.1, 0.15) is 0 Å². The highest BCUT2D eigenvalue weighted by molar-refractivity contribution is 5.75. The van der Waals surface area contributed by atoms with E-state index < -0.39 is 0 Å². The van der Waals surface area contributed by atoms with Crippen LogP contribution in [0.5, 0.6) is 0 Å². The van der Waals surface area contributed by atoms with Crippen molar-refractivity contribution in [3.63, 3.8) is 0 Å². The molecule has 0 aliphatic heterocycles. The number of nitrogens with two attached hydrogens (primary N) is 1. The Balaban J connectivity index is 2.34. The normalized spacial score (nSPS) is 10.9. The van der Waals surface area contributed by atoms with Crippen molar-refractivity contribution in [3.05, 3.63) is 35.4 Å². The molecule has 4 heteroatoms. The summed E-state index contributed by atoms with van der Waals surface area (Å²) in [4.78, 5) is 11.8. The van der Waals surface area contributed by atoms with E-state index in [4.69, 9.17) is 11.0 Å². The first kappa shape index (κ1) is 16.2. The second-order valence-corrected chi connectivity index (χ2v) is 5.79. The molecule has 0 heterocycles. The highest BCUT2D eigenvalue weighted by atomic mass is 16.1. The van der Waals surface area contributed by atoms with E-state index in [9.17, 15) is 4.79 Å². The molecule has 0 saturated heterocycles. The Morgan fingerprint density at radius 1 is 1.30 bits per heavy atom. The van der Waals surface area contributed by atoms with Crippen LogP contribution in [0.25, 0.3) is 0 Å². The zero-order chi connectivity index (χ0) is 15.0. The van der Waals surface area contributed by atoms with Gasteiger partial charge in [-0.05, 0) is 42.5 Å². The van der Waals surface area contributed by atoms with Crippen molar-refractivity contribution >= 4 is 5.91 Å². The third-order valence-corrected chi connectivity index (χ3v) is 3.42. The van der Waals surface area contributed by atoms with Gasteiger partial charge < -0.3 is 11.1 Å². The van der Waals surface area contributed by atoms with Crippen LogP contribution < -0.4 is 11.1 Å². The Kier molecular flexibility index (Phi) is 6.20. The Labute approximate surface area is 121 Å². The molecule has 0 unspecified atom stereocenters. The molecule has 0 fully saturated rings. The third-order valence-electron chi connectivity index (χ3n) is 3.42. The van der Waals surface area contributed by atoms with Gasteiger partial charge in [0.25, 0.3) is 0 Å². The smallest absolute Gasteiger partial charge is 0.220 e. The highest BCUT2D eigenvalue weighted by Gasteiger charge is 2.18. The molecule has 0 aliphatic carbocycles. The number of hydrogen-bond acceptors (Lipinski definition) is 3. The summed E-state index contributed by atoms with van der Waals surface area (Å²) in [7, 11) is 0. The van der Waals surface area contributed by atoms with Crippen molar-refractivity contribution in [1.29, 1.82) is 5.26 Å². The molecule has 0 aromatic heterocycles. The summed E-state index contributed by atoms with van der Waals surface area (Å²) >= 11 is 0. The van der Waals surface area contributed by atoms with Crippen LogP contribution in [0.1, 0.15) is 44.2 Å². The van der Waals surface area contributed by atoms with Crippen molar-refractivity contribution in [2.45, 2.75) is 39.7 Å². The van der Waals surface area contributed by atoms with Gasteiger partial charge in [-0.1, -0.05) is 26.0 Å². The van der Waals surface area contributed by atoms with E-state index in [1.54, 1.807) is 12.1 Å². The average molecular weight is 273 g/mol. The van der Waals surface area contributed by atoms with Gasteiger partial charge in [0.15, 0.2) is 0 Å².